The van der Waals surface area contributed by atoms with Crippen LogP contribution in [0, 0.1) is 0 Å². The fourth-order valence-electron chi connectivity index (χ4n) is 1.93. The van der Waals surface area contributed by atoms with Gasteiger partial charge >= 0.3 is 5.97 Å². The molecule has 2 rings (SSSR count). The smallest absolute Gasteiger partial charge is 0.326 e. The minimum atomic E-state index is -0.443. The summed E-state index contributed by atoms with van der Waals surface area (Å²) in [5.41, 5.74) is 0. The van der Waals surface area contributed by atoms with Crippen molar-refractivity contribution in [2.45, 2.75) is 38.3 Å². The van der Waals surface area contributed by atoms with E-state index in [0.717, 1.165) is 19.3 Å². The molecule has 1 saturated carbocycles. The van der Waals surface area contributed by atoms with Crippen LogP contribution < -0.4 is 14.8 Å². The van der Waals surface area contributed by atoms with E-state index in [1.807, 2.05) is 24.3 Å². The molecule has 1 aliphatic rings. The van der Waals surface area contributed by atoms with E-state index in [1.165, 1.54) is 7.11 Å². The van der Waals surface area contributed by atoms with Gasteiger partial charge < -0.3 is 14.2 Å². The van der Waals surface area contributed by atoms with Gasteiger partial charge in [-0.3, -0.25) is 10.1 Å². The van der Waals surface area contributed by atoms with Crippen molar-refractivity contribution in [3.63, 3.8) is 0 Å². The zero-order valence-corrected chi connectivity index (χ0v) is 12.6. The number of esters is 1. The van der Waals surface area contributed by atoms with Gasteiger partial charge in [0.2, 0.25) is 0 Å². The van der Waals surface area contributed by atoms with Gasteiger partial charge in [-0.1, -0.05) is 19.1 Å². The molecule has 1 atom stereocenters. The number of benzene rings is 1. The van der Waals surface area contributed by atoms with Crippen molar-refractivity contribution in [2.24, 2.45) is 0 Å². The maximum absolute atomic E-state index is 11.8. The zero-order valence-electron chi connectivity index (χ0n) is 12.6. The number of nitrogens with one attached hydrogen (secondary N) is 1. The zero-order chi connectivity index (χ0) is 15.1. The second-order valence-electron chi connectivity index (χ2n) is 5.12. The quantitative estimate of drug-likeness (QED) is 0.707. The van der Waals surface area contributed by atoms with E-state index in [-0.39, 0.29) is 12.6 Å². The fraction of sp³-hybridized carbons (Fsp3) is 0.562. The highest BCUT2D eigenvalue weighted by Gasteiger charge is 2.29. The Hall–Kier alpha value is -1.75. The first-order valence-electron chi connectivity index (χ1n) is 7.43. The van der Waals surface area contributed by atoms with E-state index >= 15 is 0 Å². The third kappa shape index (κ3) is 4.93. The van der Waals surface area contributed by atoms with Crippen molar-refractivity contribution < 1.29 is 19.0 Å². The van der Waals surface area contributed by atoms with Crippen molar-refractivity contribution in [1.82, 2.24) is 5.32 Å². The van der Waals surface area contributed by atoms with E-state index in [2.05, 4.69) is 12.2 Å². The van der Waals surface area contributed by atoms with Crippen molar-refractivity contribution in [1.29, 1.82) is 0 Å². The van der Waals surface area contributed by atoms with Gasteiger partial charge in [0.15, 0.2) is 11.5 Å². The average Bonchev–Trinajstić information content (AvgIpc) is 3.33. The van der Waals surface area contributed by atoms with Gasteiger partial charge in [0.1, 0.15) is 12.6 Å². The van der Waals surface area contributed by atoms with Crippen molar-refractivity contribution in [2.75, 3.05) is 20.3 Å². The number of ether oxygens (including phenoxy) is 3. The highest BCUT2D eigenvalue weighted by molar-refractivity contribution is 5.76. The van der Waals surface area contributed by atoms with E-state index in [4.69, 9.17) is 14.2 Å². The molecule has 0 aliphatic heterocycles. The standard InChI is InChI=1S/C16H23NO4/c1-3-10-20-14-6-4-5-7-15(14)21-11-13(16(18)19-2)17-12-8-9-12/h4-7,12-13,17H,3,8-11H2,1-2H3. The van der Waals surface area contributed by atoms with Crippen molar-refractivity contribution in [3.8, 4) is 11.5 Å². The van der Waals surface area contributed by atoms with E-state index in [1.54, 1.807) is 0 Å². The number of hydrogen-bond acceptors (Lipinski definition) is 5. The maximum atomic E-state index is 11.8. The van der Waals surface area contributed by atoms with E-state index < -0.39 is 6.04 Å². The Morgan fingerprint density at radius 3 is 2.52 bits per heavy atom. The van der Waals surface area contributed by atoms with Crippen LogP contribution in [0.4, 0.5) is 0 Å². The third-order valence-corrected chi connectivity index (χ3v) is 3.22. The number of carbonyl (C=O) groups excluding carboxylic acids is 1. The van der Waals surface area contributed by atoms with Crippen LogP contribution in [0.5, 0.6) is 11.5 Å². The summed E-state index contributed by atoms with van der Waals surface area (Å²) in [6.07, 6.45) is 3.13. The molecule has 1 aromatic carbocycles. The van der Waals surface area contributed by atoms with Crippen molar-refractivity contribution in [3.05, 3.63) is 24.3 Å². The number of methoxy groups -OCH3 is 1. The lowest BCUT2D eigenvalue weighted by Crippen LogP contribution is -2.43. The number of hydrogen-bond donors (Lipinski definition) is 1. The maximum Gasteiger partial charge on any atom is 0.326 e. The fourth-order valence-corrected chi connectivity index (χ4v) is 1.93. The van der Waals surface area contributed by atoms with Crippen LogP contribution in [0.15, 0.2) is 24.3 Å². The third-order valence-electron chi connectivity index (χ3n) is 3.22. The first-order chi connectivity index (χ1) is 10.2. The Balaban J connectivity index is 1.94. The summed E-state index contributed by atoms with van der Waals surface area (Å²) in [5, 5.41) is 3.23. The monoisotopic (exact) mass is 293 g/mol. The molecule has 0 radical (unpaired) electrons. The van der Waals surface area contributed by atoms with Gasteiger partial charge in [0.05, 0.1) is 13.7 Å². The molecule has 0 spiro atoms. The Labute approximate surface area is 125 Å². The van der Waals surface area contributed by atoms with Crippen LogP contribution in [-0.2, 0) is 9.53 Å². The number of para-hydroxylation sites is 2. The molecule has 116 valence electrons. The highest BCUT2D eigenvalue weighted by Crippen LogP contribution is 2.27. The molecular formula is C16H23NO4. The Bertz CT molecular complexity index is 459. The molecule has 1 aromatic rings. The van der Waals surface area contributed by atoms with Gasteiger partial charge in [0.25, 0.3) is 0 Å². The second kappa shape index (κ2) is 7.88. The molecule has 0 aromatic heterocycles. The Kier molecular flexibility index (Phi) is 5.87. The molecule has 1 fully saturated rings. The Morgan fingerprint density at radius 1 is 1.29 bits per heavy atom. The molecule has 5 heteroatoms. The molecule has 0 heterocycles. The summed E-state index contributed by atoms with van der Waals surface area (Å²) < 4.78 is 16.2. The molecule has 1 unspecified atom stereocenters. The van der Waals surface area contributed by atoms with Crippen LogP contribution in [0.1, 0.15) is 26.2 Å². The first-order valence-corrected chi connectivity index (χ1v) is 7.43. The molecule has 1 N–H and O–H groups in total. The summed E-state index contributed by atoms with van der Waals surface area (Å²) in [7, 11) is 1.39. The second-order valence-corrected chi connectivity index (χ2v) is 5.12. The lowest BCUT2D eigenvalue weighted by molar-refractivity contribution is -0.144. The van der Waals surface area contributed by atoms with Gasteiger partial charge in [0, 0.05) is 6.04 Å². The predicted molar refractivity (Wildman–Crippen MR) is 79.7 cm³/mol. The number of carbonyl (C=O) groups is 1. The molecule has 21 heavy (non-hydrogen) atoms. The molecule has 0 bridgehead atoms. The molecule has 1 aliphatic carbocycles. The highest BCUT2D eigenvalue weighted by atomic mass is 16.5. The molecular weight excluding hydrogens is 270 g/mol. The predicted octanol–water partition coefficient (Wildman–Crippen LogP) is 2.15. The summed E-state index contributed by atoms with van der Waals surface area (Å²) in [6, 6.07) is 7.46. The first kappa shape index (κ1) is 15.6. The van der Waals surface area contributed by atoms with Gasteiger partial charge in [-0.25, -0.2) is 0 Å². The van der Waals surface area contributed by atoms with Crippen LogP contribution in [-0.4, -0.2) is 38.4 Å². The minimum Gasteiger partial charge on any atom is -0.490 e. The molecule has 0 saturated heterocycles. The summed E-state index contributed by atoms with van der Waals surface area (Å²) in [6.45, 7) is 2.92. The van der Waals surface area contributed by atoms with Gasteiger partial charge in [-0.15, -0.1) is 0 Å². The minimum absolute atomic E-state index is 0.232. The topological polar surface area (TPSA) is 56.8 Å². The SMILES string of the molecule is CCCOc1ccccc1OCC(NC1CC1)C(=O)OC. The van der Waals surface area contributed by atoms with E-state index in [9.17, 15) is 4.79 Å². The summed E-state index contributed by atoms with van der Waals surface area (Å²) in [5.74, 6) is 1.06. The van der Waals surface area contributed by atoms with Crippen LogP contribution in [0.2, 0.25) is 0 Å². The van der Waals surface area contributed by atoms with Crippen LogP contribution >= 0.6 is 0 Å². The van der Waals surface area contributed by atoms with Gasteiger partial charge in [-0.2, -0.15) is 0 Å². The normalized spacial score (nSPS) is 15.3. The largest absolute Gasteiger partial charge is 0.490 e. The lowest BCUT2D eigenvalue weighted by atomic mass is 10.3. The van der Waals surface area contributed by atoms with Gasteiger partial charge in [-0.05, 0) is 31.4 Å². The number of rotatable bonds is 9. The van der Waals surface area contributed by atoms with Crippen molar-refractivity contribution >= 4 is 5.97 Å². The molecule has 0 amide bonds. The summed E-state index contributed by atoms with van der Waals surface area (Å²) >= 11 is 0. The Morgan fingerprint density at radius 2 is 1.95 bits per heavy atom. The average molecular weight is 293 g/mol. The summed E-state index contributed by atoms with van der Waals surface area (Å²) in [4.78, 5) is 11.8. The van der Waals surface area contributed by atoms with Crippen LogP contribution in [0.25, 0.3) is 0 Å². The molecule has 5 nitrogen and oxygen atoms in total. The van der Waals surface area contributed by atoms with E-state index in [0.29, 0.717) is 24.1 Å². The van der Waals surface area contributed by atoms with Crippen LogP contribution in [0.3, 0.4) is 0 Å². The lowest BCUT2D eigenvalue weighted by Gasteiger charge is -2.18.